The lowest BCUT2D eigenvalue weighted by atomic mass is 9.80. The fraction of sp³-hybridized carbons (Fsp3) is 0.375. The Balaban J connectivity index is 1.84. The number of hydrogen-bond donors (Lipinski definition) is 1. The Morgan fingerprint density at radius 3 is 2.42 bits per heavy atom. The number of halogens is 1. The molecule has 1 fully saturated rings. The number of benzene rings is 3. The minimum atomic E-state index is -4.62. The number of amides is 2. The van der Waals surface area contributed by atoms with E-state index in [1.54, 1.807) is 37.2 Å². The maximum absolute atomic E-state index is 15.3. The molecule has 0 bridgehead atoms. The summed E-state index contributed by atoms with van der Waals surface area (Å²) in [6, 6.07) is 15.1. The second kappa shape index (κ2) is 12.3. The highest BCUT2D eigenvalue weighted by Crippen LogP contribution is 2.53. The van der Waals surface area contributed by atoms with Gasteiger partial charge in [0.1, 0.15) is 16.4 Å². The van der Waals surface area contributed by atoms with Crippen molar-refractivity contribution in [2.75, 3.05) is 53.3 Å². The van der Waals surface area contributed by atoms with Crippen molar-refractivity contribution in [3.05, 3.63) is 82.4 Å². The number of β-amino-alcohol motifs (C(OH)–C–C–N with tert-alkyl or cyclic N) is 1. The zero-order valence-electron chi connectivity index (χ0n) is 26.0. The highest BCUT2D eigenvalue weighted by atomic mass is 35.5. The number of methoxy groups -OCH3 is 2. The molecule has 5 rings (SSSR count). The summed E-state index contributed by atoms with van der Waals surface area (Å²) in [4.78, 5) is 33.7. The van der Waals surface area contributed by atoms with E-state index in [9.17, 15) is 18.3 Å². The first-order chi connectivity index (χ1) is 21.3. The second-order valence-corrected chi connectivity index (χ2v) is 13.9. The predicted molar refractivity (Wildman–Crippen MR) is 170 cm³/mol. The van der Waals surface area contributed by atoms with Crippen molar-refractivity contribution < 1.29 is 32.6 Å². The highest BCUT2D eigenvalue weighted by Gasteiger charge is 2.63. The number of anilines is 1. The number of rotatable bonds is 9. The molecule has 240 valence electrons. The number of carbonyl (C=O) groups excluding carboxylic acids is 2. The number of ether oxygens (including phenoxy) is 2. The van der Waals surface area contributed by atoms with E-state index in [0.29, 0.717) is 17.9 Å². The molecule has 0 saturated carbocycles. The van der Waals surface area contributed by atoms with Crippen molar-refractivity contribution in [2.24, 2.45) is 0 Å². The van der Waals surface area contributed by atoms with Gasteiger partial charge in [-0.05, 0) is 62.0 Å². The van der Waals surface area contributed by atoms with E-state index in [4.69, 9.17) is 21.1 Å². The van der Waals surface area contributed by atoms with Crippen LogP contribution in [0.3, 0.4) is 0 Å². The van der Waals surface area contributed by atoms with E-state index in [-0.39, 0.29) is 45.8 Å². The van der Waals surface area contributed by atoms with Gasteiger partial charge in [-0.1, -0.05) is 35.9 Å². The molecule has 2 aliphatic heterocycles. The van der Waals surface area contributed by atoms with Crippen LogP contribution < -0.4 is 13.8 Å². The monoisotopic (exact) mass is 656 g/mol. The minimum Gasteiger partial charge on any atom is -0.497 e. The number of aliphatic hydroxyl groups is 1. The number of fused-ring (bicyclic) bond motifs is 1. The van der Waals surface area contributed by atoms with Gasteiger partial charge in [-0.15, -0.1) is 0 Å². The van der Waals surface area contributed by atoms with E-state index >= 15 is 4.79 Å². The molecule has 0 radical (unpaired) electrons. The molecule has 45 heavy (non-hydrogen) atoms. The van der Waals surface area contributed by atoms with E-state index in [0.717, 1.165) is 9.87 Å². The molecular weight excluding hydrogens is 620 g/mol. The van der Waals surface area contributed by atoms with Gasteiger partial charge in [-0.2, -0.15) is 0 Å². The van der Waals surface area contributed by atoms with Crippen LogP contribution in [0.25, 0.3) is 0 Å². The van der Waals surface area contributed by atoms with Crippen LogP contribution in [0.15, 0.2) is 65.6 Å². The molecular formula is C32H37ClN4O7S. The molecule has 0 aliphatic carbocycles. The fourth-order valence-corrected chi connectivity index (χ4v) is 8.14. The van der Waals surface area contributed by atoms with Gasteiger partial charge in [-0.3, -0.25) is 14.5 Å². The molecule has 13 heteroatoms. The Hall–Kier alpha value is -3.68. The van der Waals surface area contributed by atoms with Crippen molar-refractivity contribution in [1.82, 2.24) is 14.7 Å². The van der Waals surface area contributed by atoms with E-state index < -0.39 is 33.6 Å². The van der Waals surface area contributed by atoms with Gasteiger partial charge in [0.05, 0.1) is 32.1 Å². The van der Waals surface area contributed by atoms with Gasteiger partial charge in [0.15, 0.2) is 5.54 Å². The molecule has 3 aromatic rings. The van der Waals surface area contributed by atoms with Crippen molar-refractivity contribution in [1.29, 1.82) is 0 Å². The number of sulfonamides is 1. The molecule has 2 heterocycles. The molecule has 3 unspecified atom stereocenters. The van der Waals surface area contributed by atoms with Crippen molar-refractivity contribution in [3.63, 3.8) is 0 Å². The van der Waals surface area contributed by atoms with Crippen LogP contribution in [0, 0.1) is 0 Å². The topological polar surface area (TPSA) is 120 Å². The lowest BCUT2D eigenvalue weighted by Crippen LogP contribution is -2.59. The quantitative estimate of drug-likeness (QED) is 0.371. The van der Waals surface area contributed by atoms with Crippen LogP contribution in [0.4, 0.5) is 5.69 Å². The number of likely N-dealkylation sites (tertiary alicyclic amines) is 1. The Bertz CT molecular complexity index is 1750. The van der Waals surface area contributed by atoms with Crippen LogP contribution in [0.1, 0.15) is 23.1 Å². The summed E-state index contributed by atoms with van der Waals surface area (Å²) >= 11 is 6.57. The standard InChI is InChI=1S/C32H37ClN4O7S/c1-34(2)18-20-8-7-9-21(14-20)32(36-19-23(38)16-27(36)30(39)35(3)4)25-15-22(33)10-12-26(25)37(31(32)40)45(41,42)29-13-11-24(43-5)17-28(29)44-6/h7-15,17,23,27,38H,16,18-19H2,1-6H3. The summed E-state index contributed by atoms with van der Waals surface area (Å²) in [5, 5.41) is 11.3. The Morgan fingerprint density at radius 1 is 1.04 bits per heavy atom. The maximum atomic E-state index is 15.3. The average Bonchev–Trinajstić information content (AvgIpc) is 3.50. The Labute approximate surface area is 268 Å². The van der Waals surface area contributed by atoms with Gasteiger partial charge in [0.25, 0.3) is 15.9 Å². The molecule has 3 atom stereocenters. The molecule has 2 amide bonds. The van der Waals surface area contributed by atoms with Crippen molar-refractivity contribution in [3.8, 4) is 11.5 Å². The Kier molecular flexibility index (Phi) is 8.91. The van der Waals surface area contributed by atoms with Crippen LogP contribution >= 0.6 is 11.6 Å². The molecule has 2 aliphatic rings. The third-order valence-electron chi connectivity index (χ3n) is 8.23. The van der Waals surface area contributed by atoms with E-state index in [1.807, 2.05) is 31.1 Å². The first-order valence-corrected chi connectivity index (χ1v) is 16.1. The minimum absolute atomic E-state index is 0.0135. The van der Waals surface area contributed by atoms with Crippen LogP contribution in [0.2, 0.25) is 5.02 Å². The van der Waals surface area contributed by atoms with Gasteiger partial charge in [-0.25, -0.2) is 12.7 Å². The van der Waals surface area contributed by atoms with Crippen LogP contribution in [-0.4, -0.2) is 101 Å². The van der Waals surface area contributed by atoms with Gasteiger partial charge < -0.3 is 24.4 Å². The molecule has 0 spiro atoms. The molecule has 1 N–H and O–H groups in total. The summed E-state index contributed by atoms with van der Waals surface area (Å²) < 4.78 is 40.7. The smallest absolute Gasteiger partial charge is 0.274 e. The van der Waals surface area contributed by atoms with Gasteiger partial charge in [0.2, 0.25) is 5.91 Å². The summed E-state index contributed by atoms with van der Waals surface area (Å²) in [5.74, 6) is -0.801. The number of nitrogens with zero attached hydrogens (tertiary/aromatic N) is 4. The Morgan fingerprint density at radius 2 is 1.78 bits per heavy atom. The number of hydrogen-bond acceptors (Lipinski definition) is 9. The molecule has 0 aromatic heterocycles. The average molecular weight is 657 g/mol. The van der Waals surface area contributed by atoms with E-state index in [2.05, 4.69) is 0 Å². The third-order valence-corrected chi connectivity index (χ3v) is 10.2. The maximum Gasteiger partial charge on any atom is 0.274 e. The van der Waals surface area contributed by atoms with Crippen LogP contribution in [0.5, 0.6) is 11.5 Å². The van der Waals surface area contributed by atoms with E-state index in [1.165, 1.54) is 49.5 Å². The normalized spacial score (nSPS) is 21.7. The fourth-order valence-electron chi connectivity index (χ4n) is 6.37. The zero-order chi connectivity index (χ0) is 32.8. The number of likely N-dealkylation sites (N-methyl/N-ethyl adjacent to an activating group) is 1. The van der Waals surface area contributed by atoms with Gasteiger partial charge in [0, 0.05) is 43.8 Å². The first-order valence-electron chi connectivity index (χ1n) is 14.3. The zero-order valence-corrected chi connectivity index (χ0v) is 27.6. The summed E-state index contributed by atoms with van der Waals surface area (Å²) in [6.45, 7) is 0.466. The first kappa shape index (κ1) is 32.7. The number of aliphatic hydroxyl groups excluding tert-OH is 1. The van der Waals surface area contributed by atoms with Crippen LogP contribution in [-0.2, 0) is 31.7 Å². The largest absolute Gasteiger partial charge is 0.497 e. The summed E-state index contributed by atoms with van der Waals surface area (Å²) in [5.41, 5.74) is -0.174. The van der Waals surface area contributed by atoms with Crippen molar-refractivity contribution in [2.45, 2.75) is 35.5 Å². The molecule has 11 nitrogen and oxygen atoms in total. The summed E-state index contributed by atoms with van der Waals surface area (Å²) in [7, 11) is 5.19. The lowest BCUT2D eigenvalue weighted by molar-refractivity contribution is -0.138. The third kappa shape index (κ3) is 5.44. The summed E-state index contributed by atoms with van der Waals surface area (Å²) in [6.07, 6.45) is -0.901. The second-order valence-electron chi connectivity index (χ2n) is 11.7. The number of carbonyl (C=O) groups is 2. The molecule has 1 saturated heterocycles. The molecule has 3 aromatic carbocycles. The van der Waals surface area contributed by atoms with Crippen molar-refractivity contribution >= 4 is 39.1 Å². The predicted octanol–water partition coefficient (Wildman–Crippen LogP) is 2.92. The lowest BCUT2D eigenvalue weighted by Gasteiger charge is -2.41. The SMILES string of the molecule is COc1ccc(S(=O)(=O)N2C(=O)C(c3cccc(CN(C)C)c3)(N3CC(O)CC3C(=O)N(C)C)c3cc(Cl)ccc32)c(OC)c1. The highest BCUT2D eigenvalue weighted by molar-refractivity contribution is 7.93. The van der Waals surface area contributed by atoms with Gasteiger partial charge >= 0.3 is 0 Å².